The van der Waals surface area contributed by atoms with Crippen LogP contribution in [-0.2, 0) is 19.3 Å². The first-order valence-corrected chi connectivity index (χ1v) is 10.4. The van der Waals surface area contributed by atoms with Crippen molar-refractivity contribution in [3.63, 3.8) is 0 Å². The van der Waals surface area contributed by atoms with Crippen LogP contribution < -0.4 is 15.2 Å². The second kappa shape index (κ2) is 9.47. The van der Waals surface area contributed by atoms with Gasteiger partial charge in [-0.2, -0.15) is 9.67 Å². The van der Waals surface area contributed by atoms with E-state index in [1.165, 1.54) is 0 Å². The van der Waals surface area contributed by atoms with E-state index in [1.54, 1.807) is 18.9 Å². The Morgan fingerprint density at radius 2 is 1.75 bits per heavy atom. The number of nitrogen functional groups attached to an aromatic ring is 1. The Balaban J connectivity index is 1.61. The number of pyridine rings is 2. The molecular formula is C24H26N6O2. The fourth-order valence-electron chi connectivity index (χ4n) is 3.63. The fourth-order valence-corrected chi connectivity index (χ4v) is 3.63. The highest BCUT2D eigenvalue weighted by Crippen LogP contribution is 2.28. The third kappa shape index (κ3) is 4.85. The molecule has 0 saturated heterocycles. The van der Waals surface area contributed by atoms with Crippen molar-refractivity contribution in [3.8, 4) is 17.3 Å². The van der Waals surface area contributed by atoms with Crippen molar-refractivity contribution in [2.45, 2.75) is 26.2 Å². The second-order valence-electron chi connectivity index (χ2n) is 7.46. The number of nitrogens with two attached hydrogens (primary N) is 1. The molecular weight excluding hydrogens is 404 g/mol. The highest BCUT2D eigenvalue weighted by Gasteiger charge is 2.15. The first kappa shape index (κ1) is 21.3. The third-order valence-electron chi connectivity index (χ3n) is 5.11. The normalized spacial score (nSPS) is 10.8. The van der Waals surface area contributed by atoms with Crippen LogP contribution in [0.4, 0.5) is 5.95 Å². The average molecular weight is 431 g/mol. The van der Waals surface area contributed by atoms with Gasteiger partial charge in [0.25, 0.3) is 0 Å². The molecule has 8 heteroatoms. The van der Waals surface area contributed by atoms with Crippen LogP contribution in [0.2, 0.25) is 0 Å². The lowest BCUT2D eigenvalue weighted by atomic mass is 10.1. The number of methoxy groups -OCH3 is 2. The Hall–Kier alpha value is -3.94. The van der Waals surface area contributed by atoms with E-state index in [-0.39, 0.29) is 5.95 Å². The van der Waals surface area contributed by atoms with Crippen LogP contribution in [0.15, 0.2) is 54.7 Å². The molecule has 3 aromatic heterocycles. The van der Waals surface area contributed by atoms with Gasteiger partial charge in [-0.3, -0.25) is 4.98 Å². The summed E-state index contributed by atoms with van der Waals surface area (Å²) in [5.74, 6) is 2.94. The smallest absolute Gasteiger partial charge is 0.240 e. The van der Waals surface area contributed by atoms with E-state index in [2.05, 4.69) is 26.1 Å². The lowest BCUT2D eigenvalue weighted by molar-refractivity contribution is 0.354. The van der Waals surface area contributed by atoms with Crippen molar-refractivity contribution in [2.24, 2.45) is 0 Å². The van der Waals surface area contributed by atoms with Crippen LogP contribution in [0.3, 0.4) is 0 Å². The van der Waals surface area contributed by atoms with Gasteiger partial charge in [-0.25, -0.2) is 4.98 Å². The van der Waals surface area contributed by atoms with Gasteiger partial charge in [0.05, 0.1) is 14.2 Å². The molecule has 164 valence electrons. The Kier molecular flexibility index (Phi) is 6.30. The van der Waals surface area contributed by atoms with Gasteiger partial charge >= 0.3 is 0 Å². The lowest BCUT2D eigenvalue weighted by Crippen LogP contribution is -2.08. The average Bonchev–Trinajstić information content (AvgIpc) is 3.18. The number of hydrogen-bond donors (Lipinski definition) is 1. The largest absolute Gasteiger partial charge is 0.493 e. The molecule has 4 rings (SSSR count). The summed E-state index contributed by atoms with van der Waals surface area (Å²) >= 11 is 0. The molecule has 4 aromatic rings. The van der Waals surface area contributed by atoms with Gasteiger partial charge in [0.15, 0.2) is 17.3 Å². The van der Waals surface area contributed by atoms with Gasteiger partial charge in [-0.15, -0.1) is 5.10 Å². The molecule has 0 saturated carbocycles. The highest BCUT2D eigenvalue weighted by molar-refractivity contribution is 5.44. The van der Waals surface area contributed by atoms with E-state index < -0.39 is 0 Å². The minimum Gasteiger partial charge on any atom is -0.493 e. The molecule has 3 heterocycles. The van der Waals surface area contributed by atoms with Crippen LogP contribution >= 0.6 is 0 Å². The van der Waals surface area contributed by atoms with E-state index in [1.807, 2.05) is 55.6 Å². The van der Waals surface area contributed by atoms with E-state index in [9.17, 15) is 0 Å². The van der Waals surface area contributed by atoms with Gasteiger partial charge in [0, 0.05) is 24.0 Å². The van der Waals surface area contributed by atoms with Gasteiger partial charge < -0.3 is 15.2 Å². The lowest BCUT2D eigenvalue weighted by Gasteiger charge is -2.11. The predicted molar refractivity (Wildman–Crippen MR) is 122 cm³/mol. The standard InChI is InChI=1S/C24H26N6O2/c1-16-12-17(7-9-19-6-4-5-11-26-19)14-22(27-16)30-23(28-24(25)29-30)15-18-8-10-20(31-2)21(13-18)32-3/h4-6,8,10-14H,7,9,15H2,1-3H3,(H2,25,29). The Morgan fingerprint density at radius 1 is 0.906 bits per heavy atom. The SMILES string of the molecule is COc1ccc(Cc2nc(N)nn2-c2cc(CCc3ccccn3)cc(C)n2)cc1OC. The number of aromatic nitrogens is 5. The first-order valence-electron chi connectivity index (χ1n) is 10.4. The van der Waals surface area contributed by atoms with Crippen molar-refractivity contribution in [1.29, 1.82) is 0 Å². The summed E-state index contributed by atoms with van der Waals surface area (Å²) in [5, 5.41) is 4.41. The highest BCUT2D eigenvalue weighted by atomic mass is 16.5. The van der Waals surface area contributed by atoms with Crippen molar-refractivity contribution in [1.82, 2.24) is 24.7 Å². The number of rotatable bonds is 8. The molecule has 1 aromatic carbocycles. The Bertz CT molecular complexity index is 1210. The zero-order valence-electron chi connectivity index (χ0n) is 18.4. The minimum atomic E-state index is 0.207. The van der Waals surface area contributed by atoms with Crippen molar-refractivity contribution >= 4 is 5.95 Å². The van der Waals surface area contributed by atoms with E-state index in [0.717, 1.165) is 35.4 Å². The van der Waals surface area contributed by atoms with Gasteiger partial charge in [-0.05, 0) is 67.3 Å². The van der Waals surface area contributed by atoms with Crippen LogP contribution in [-0.4, -0.2) is 39.0 Å². The number of ether oxygens (including phenoxy) is 2. The number of nitrogens with zero attached hydrogens (tertiary/aromatic N) is 5. The van der Waals surface area contributed by atoms with Crippen molar-refractivity contribution < 1.29 is 9.47 Å². The van der Waals surface area contributed by atoms with E-state index in [4.69, 9.17) is 15.2 Å². The number of benzene rings is 1. The van der Waals surface area contributed by atoms with E-state index >= 15 is 0 Å². The molecule has 0 atom stereocenters. The molecule has 0 amide bonds. The van der Waals surface area contributed by atoms with Gasteiger partial charge in [0.2, 0.25) is 5.95 Å². The summed E-state index contributed by atoms with van der Waals surface area (Å²) in [6.45, 7) is 1.97. The van der Waals surface area contributed by atoms with Gasteiger partial charge in [0.1, 0.15) is 5.82 Å². The zero-order chi connectivity index (χ0) is 22.5. The summed E-state index contributed by atoms with van der Waals surface area (Å²) in [5.41, 5.74) is 10.1. The molecule has 2 N–H and O–H groups in total. The minimum absolute atomic E-state index is 0.207. The van der Waals surface area contributed by atoms with Crippen molar-refractivity contribution in [3.05, 3.63) is 83.1 Å². The summed E-state index contributed by atoms with van der Waals surface area (Å²) < 4.78 is 12.5. The summed E-state index contributed by atoms with van der Waals surface area (Å²) in [7, 11) is 3.23. The Morgan fingerprint density at radius 3 is 2.50 bits per heavy atom. The number of anilines is 1. The predicted octanol–water partition coefficient (Wildman–Crippen LogP) is 3.34. The summed E-state index contributed by atoms with van der Waals surface area (Å²) in [6.07, 6.45) is 4.03. The molecule has 0 spiro atoms. The quantitative estimate of drug-likeness (QED) is 0.457. The maximum absolute atomic E-state index is 5.96. The molecule has 8 nitrogen and oxygen atoms in total. The number of hydrogen-bond acceptors (Lipinski definition) is 7. The molecule has 0 bridgehead atoms. The molecule has 0 aliphatic heterocycles. The van der Waals surface area contributed by atoms with Gasteiger partial charge in [-0.1, -0.05) is 12.1 Å². The molecule has 0 aliphatic rings. The second-order valence-corrected chi connectivity index (χ2v) is 7.46. The maximum atomic E-state index is 5.96. The van der Waals surface area contributed by atoms with Crippen LogP contribution in [0.25, 0.3) is 5.82 Å². The fraction of sp³-hybridized carbons (Fsp3) is 0.250. The van der Waals surface area contributed by atoms with E-state index in [0.29, 0.717) is 29.6 Å². The molecule has 0 aliphatic carbocycles. The van der Waals surface area contributed by atoms with Crippen LogP contribution in [0, 0.1) is 6.92 Å². The monoisotopic (exact) mass is 430 g/mol. The molecule has 32 heavy (non-hydrogen) atoms. The van der Waals surface area contributed by atoms with Crippen molar-refractivity contribution in [2.75, 3.05) is 20.0 Å². The molecule has 0 unspecified atom stereocenters. The Labute approximate surface area is 187 Å². The molecule has 0 fully saturated rings. The first-order chi connectivity index (χ1) is 15.6. The maximum Gasteiger partial charge on any atom is 0.240 e. The van der Waals surface area contributed by atoms with Crippen LogP contribution in [0.5, 0.6) is 11.5 Å². The zero-order valence-corrected chi connectivity index (χ0v) is 18.4. The number of aryl methyl sites for hydroxylation is 3. The summed E-state index contributed by atoms with van der Waals surface area (Å²) in [6, 6.07) is 15.8. The topological polar surface area (TPSA) is 101 Å². The molecule has 0 radical (unpaired) electrons. The van der Waals surface area contributed by atoms with Crippen LogP contribution in [0.1, 0.15) is 28.3 Å². The summed E-state index contributed by atoms with van der Waals surface area (Å²) in [4.78, 5) is 13.5. The third-order valence-corrected chi connectivity index (χ3v) is 5.11.